The summed E-state index contributed by atoms with van der Waals surface area (Å²) in [4.78, 5) is 4.85. The highest BCUT2D eigenvalue weighted by Crippen LogP contribution is 2.34. The van der Waals surface area contributed by atoms with Crippen LogP contribution in [0.3, 0.4) is 0 Å². The lowest BCUT2D eigenvalue weighted by Crippen LogP contribution is -1.85. The molecule has 0 radical (unpaired) electrons. The zero-order valence-electron chi connectivity index (χ0n) is 15.5. The Morgan fingerprint density at radius 3 is 2.52 bits per heavy atom. The van der Waals surface area contributed by atoms with Gasteiger partial charge in [0, 0.05) is 11.8 Å². The van der Waals surface area contributed by atoms with E-state index in [1.165, 1.54) is 0 Å². The zero-order valence-corrected chi connectivity index (χ0v) is 15.5. The molecule has 0 aliphatic rings. The van der Waals surface area contributed by atoms with Crippen molar-refractivity contribution in [1.29, 1.82) is 0 Å². The molecular formula is C22H20N4O. The smallest absolute Gasteiger partial charge is 0.187 e. The first-order valence-electron chi connectivity index (χ1n) is 8.77. The molecule has 0 bridgehead atoms. The van der Waals surface area contributed by atoms with Crippen LogP contribution in [0.2, 0.25) is 0 Å². The number of nitrogens with zero attached hydrogens (tertiary/aromatic N) is 4. The van der Waals surface area contributed by atoms with Gasteiger partial charge in [0.1, 0.15) is 17.1 Å². The van der Waals surface area contributed by atoms with Crippen LogP contribution in [-0.4, -0.2) is 16.5 Å². The van der Waals surface area contributed by atoms with Crippen LogP contribution in [-0.2, 0) is 0 Å². The lowest BCUT2D eigenvalue weighted by Gasteiger charge is -2.03. The number of hydrogen-bond donors (Lipinski definition) is 0. The summed E-state index contributed by atoms with van der Waals surface area (Å²) in [6, 6.07) is 19.8. The topological polar surface area (TPSA) is 51.2 Å². The number of benzene rings is 2. The van der Waals surface area contributed by atoms with Crippen LogP contribution in [0.5, 0.6) is 5.75 Å². The fourth-order valence-electron chi connectivity index (χ4n) is 3.03. The minimum absolute atomic E-state index is 0.699. The third-order valence-corrected chi connectivity index (χ3v) is 4.53. The molecule has 0 N–H and O–H groups in total. The molecule has 5 nitrogen and oxygen atoms in total. The molecular weight excluding hydrogens is 336 g/mol. The third-order valence-electron chi connectivity index (χ3n) is 4.53. The minimum atomic E-state index is 0.699. The van der Waals surface area contributed by atoms with E-state index in [1.54, 1.807) is 7.11 Å². The van der Waals surface area contributed by atoms with Crippen molar-refractivity contribution in [3.05, 3.63) is 78.0 Å². The summed E-state index contributed by atoms with van der Waals surface area (Å²) in [6.45, 7) is 4.07. The fraction of sp³-hybridized carbons (Fsp3) is 0.136. The average Bonchev–Trinajstić information content (AvgIpc) is 3.07. The summed E-state index contributed by atoms with van der Waals surface area (Å²) < 4.78 is 7.35. The summed E-state index contributed by atoms with van der Waals surface area (Å²) in [5, 5.41) is 9.07. The number of aromatic nitrogens is 2. The van der Waals surface area contributed by atoms with Crippen molar-refractivity contribution in [3.63, 3.8) is 0 Å². The highest BCUT2D eigenvalue weighted by atomic mass is 16.5. The number of fused-ring (bicyclic) bond motifs is 1. The van der Waals surface area contributed by atoms with Crippen LogP contribution in [0.1, 0.15) is 11.1 Å². The molecule has 4 rings (SSSR count). The lowest BCUT2D eigenvalue weighted by molar-refractivity contribution is 0.415. The summed E-state index contributed by atoms with van der Waals surface area (Å²) >= 11 is 0. The first kappa shape index (κ1) is 17.0. The number of aryl methyl sites for hydroxylation is 2. The van der Waals surface area contributed by atoms with Crippen molar-refractivity contribution >= 4 is 17.2 Å². The second-order valence-electron chi connectivity index (χ2n) is 6.39. The van der Waals surface area contributed by atoms with Crippen LogP contribution < -0.4 is 4.74 Å². The summed E-state index contributed by atoms with van der Waals surface area (Å²) in [5.41, 5.74) is 5.59. The Bertz CT molecular complexity index is 1140. The van der Waals surface area contributed by atoms with Gasteiger partial charge < -0.3 is 4.74 Å². The van der Waals surface area contributed by atoms with Gasteiger partial charge in [-0.15, -0.1) is 10.2 Å². The van der Waals surface area contributed by atoms with E-state index in [-0.39, 0.29) is 0 Å². The number of rotatable bonds is 4. The molecule has 0 saturated heterocycles. The van der Waals surface area contributed by atoms with Gasteiger partial charge in [-0.25, -0.2) is 4.98 Å². The molecule has 4 aromatic rings. The maximum Gasteiger partial charge on any atom is 0.187 e. The van der Waals surface area contributed by atoms with E-state index < -0.39 is 0 Å². The second kappa shape index (κ2) is 7.03. The average molecular weight is 356 g/mol. The first-order valence-corrected chi connectivity index (χ1v) is 8.77. The molecule has 2 aromatic carbocycles. The third kappa shape index (κ3) is 3.19. The quantitative estimate of drug-likeness (QED) is 0.418. The number of imidazole rings is 1. The number of hydrogen-bond acceptors (Lipinski definition) is 4. The van der Waals surface area contributed by atoms with E-state index in [9.17, 15) is 0 Å². The summed E-state index contributed by atoms with van der Waals surface area (Å²) in [7, 11) is 1.66. The van der Waals surface area contributed by atoms with Gasteiger partial charge in [-0.2, -0.15) is 0 Å². The van der Waals surface area contributed by atoms with Crippen LogP contribution in [0, 0.1) is 13.8 Å². The Morgan fingerprint density at radius 1 is 0.889 bits per heavy atom. The molecule has 0 unspecified atom stereocenters. The first-order chi connectivity index (χ1) is 13.2. The van der Waals surface area contributed by atoms with Gasteiger partial charge in [0.15, 0.2) is 5.82 Å². The SMILES string of the molecule is COc1cccc(-c2nc3c(C)cccn3c2N=Nc2ccccc2C)c1. The van der Waals surface area contributed by atoms with Crippen molar-refractivity contribution < 1.29 is 4.74 Å². The number of ether oxygens (including phenoxy) is 1. The summed E-state index contributed by atoms with van der Waals surface area (Å²) in [6.07, 6.45) is 1.96. The molecule has 27 heavy (non-hydrogen) atoms. The molecule has 2 aromatic heterocycles. The van der Waals surface area contributed by atoms with Crippen LogP contribution in [0.25, 0.3) is 16.9 Å². The Morgan fingerprint density at radius 2 is 1.70 bits per heavy atom. The zero-order chi connectivity index (χ0) is 18.8. The Balaban J connectivity index is 1.92. The number of methoxy groups -OCH3 is 1. The lowest BCUT2D eigenvalue weighted by atomic mass is 10.1. The largest absolute Gasteiger partial charge is 0.497 e. The monoisotopic (exact) mass is 356 g/mol. The molecule has 0 saturated carbocycles. The molecule has 5 heteroatoms. The predicted molar refractivity (Wildman–Crippen MR) is 107 cm³/mol. The van der Waals surface area contributed by atoms with E-state index in [0.29, 0.717) is 5.82 Å². The maximum atomic E-state index is 5.37. The Kier molecular flexibility index (Phi) is 4.42. The molecule has 0 amide bonds. The van der Waals surface area contributed by atoms with Crippen molar-refractivity contribution in [2.75, 3.05) is 7.11 Å². The van der Waals surface area contributed by atoms with Crippen molar-refractivity contribution in [2.24, 2.45) is 10.2 Å². The highest BCUT2D eigenvalue weighted by Gasteiger charge is 2.16. The standard InChI is InChI=1S/C22H20N4O/c1-15-8-4-5-12-19(15)24-25-22-20(17-10-6-11-18(14-17)27-3)23-21-16(2)9-7-13-26(21)22/h4-14H,1-3H3. The van der Waals surface area contributed by atoms with Gasteiger partial charge in [-0.05, 0) is 49.2 Å². The van der Waals surface area contributed by atoms with Crippen LogP contribution in [0.15, 0.2) is 77.1 Å². The Hall–Kier alpha value is -3.47. The van der Waals surface area contributed by atoms with Gasteiger partial charge in [-0.1, -0.05) is 36.4 Å². The van der Waals surface area contributed by atoms with E-state index in [2.05, 4.69) is 10.2 Å². The highest BCUT2D eigenvalue weighted by molar-refractivity contribution is 5.76. The van der Waals surface area contributed by atoms with Gasteiger partial charge in [0.25, 0.3) is 0 Å². The van der Waals surface area contributed by atoms with Crippen molar-refractivity contribution in [3.8, 4) is 17.0 Å². The molecule has 0 fully saturated rings. The van der Waals surface area contributed by atoms with Crippen LogP contribution in [0.4, 0.5) is 11.5 Å². The number of azo groups is 1. The van der Waals surface area contributed by atoms with Gasteiger partial charge in [0.05, 0.1) is 12.8 Å². The van der Waals surface area contributed by atoms with E-state index >= 15 is 0 Å². The molecule has 0 spiro atoms. The molecule has 0 aliphatic carbocycles. The normalized spacial score (nSPS) is 11.4. The molecule has 2 heterocycles. The van der Waals surface area contributed by atoms with E-state index in [0.717, 1.165) is 39.5 Å². The van der Waals surface area contributed by atoms with E-state index in [1.807, 2.05) is 85.1 Å². The Labute approximate surface area is 158 Å². The molecule has 0 aliphatic heterocycles. The van der Waals surface area contributed by atoms with Crippen molar-refractivity contribution in [1.82, 2.24) is 9.38 Å². The maximum absolute atomic E-state index is 5.37. The van der Waals surface area contributed by atoms with Gasteiger partial charge in [-0.3, -0.25) is 4.40 Å². The van der Waals surface area contributed by atoms with E-state index in [4.69, 9.17) is 9.72 Å². The minimum Gasteiger partial charge on any atom is -0.497 e. The van der Waals surface area contributed by atoms with Crippen molar-refractivity contribution in [2.45, 2.75) is 13.8 Å². The molecule has 134 valence electrons. The van der Waals surface area contributed by atoms with Gasteiger partial charge >= 0.3 is 0 Å². The van der Waals surface area contributed by atoms with Crippen LogP contribution >= 0.6 is 0 Å². The summed E-state index contributed by atoms with van der Waals surface area (Å²) in [5.74, 6) is 1.48. The predicted octanol–water partition coefficient (Wildman–Crippen LogP) is 6.04. The second-order valence-corrected chi connectivity index (χ2v) is 6.39. The van der Waals surface area contributed by atoms with Gasteiger partial charge in [0.2, 0.25) is 0 Å². The fourth-order valence-corrected chi connectivity index (χ4v) is 3.03. The molecule has 0 atom stereocenters. The number of pyridine rings is 1.